The molecule has 7 nitrogen and oxygen atoms in total. The number of amides is 1. The van der Waals surface area contributed by atoms with E-state index in [2.05, 4.69) is 10.1 Å². The maximum absolute atomic E-state index is 13.1. The van der Waals surface area contributed by atoms with E-state index in [0.29, 0.717) is 19.4 Å². The van der Waals surface area contributed by atoms with Crippen LogP contribution < -0.4 is 0 Å². The van der Waals surface area contributed by atoms with Gasteiger partial charge in [-0.05, 0) is 18.9 Å². The predicted octanol–water partition coefficient (Wildman–Crippen LogP) is 0.945. The van der Waals surface area contributed by atoms with Crippen LogP contribution in [0.3, 0.4) is 0 Å². The molecule has 3 rings (SSSR count). The van der Waals surface area contributed by atoms with Crippen LogP contribution in [0.15, 0.2) is 12.3 Å². The van der Waals surface area contributed by atoms with Gasteiger partial charge in [-0.25, -0.2) is 9.67 Å². The number of nitrogens with zero attached hydrogens (tertiary/aromatic N) is 4. The van der Waals surface area contributed by atoms with Crippen molar-refractivity contribution in [2.24, 2.45) is 7.05 Å². The molecule has 2 atom stereocenters. The van der Waals surface area contributed by atoms with E-state index in [9.17, 15) is 23.1 Å². The lowest BCUT2D eigenvalue weighted by molar-refractivity contribution is -0.140. The number of rotatable bonds is 3. The number of fused-ring (bicyclic) bond motifs is 1. The largest absolute Gasteiger partial charge is 0.435 e. The van der Waals surface area contributed by atoms with Gasteiger partial charge in [-0.15, -0.1) is 0 Å². The van der Waals surface area contributed by atoms with Gasteiger partial charge in [0.15, 0.2) is 11.3 Å². The van der Waals surface area contributed by atoms with Crippen molar-refractivity contribution in [3.63, 3.8) is 0 Å². The van der Waals surface area contributed by atoms with E-state index in [4.69, 9.17) is 5.11 Å². The summed E-state index contributed by atoms with van der Waals surface area (Å²) in [7, 11) is 1.35. The van der Waals surface area contributed by atoms with Crippen molar-refractivity contribution < 1.29 is 28.2 Å². The third-order valence-corrected chi connectivity index (χ3v) is 4.39. The quantitative estimate of drug-likeness (QED) is 0.852. The topological polar surface area (TPSA) is 91.5 Å². The highest BCUT2D eigenvalue weighted by Gasteiger charge is 2.38. The molecule has 136 valence electrons. The zero-order valence-electron chi connectivity index (χ0n) is 13.4. The van der Waals surface area contributed by atoms with Gasteiger partial charge in [-0.2, -0.15) is 18.3 Å². The fourth-order valence-electron chi connectivity index (χ4n) is 3.20. The van der Waals surface area contributed by atoms with Gasteiger partial charge in [-0.3, -0.25) is 4.79 Å². The van der Waals surface area contributed by atoms with E-state index in [1.807, 2.05) is 0 Å². The van der Waals surface area contributed by atoms with Gasteiger partial charge in [0.25, 0.3) is 5.91 Å². The van der Waals surface area contributed by atoms with Crippen LogP contribution in [0.4, 0.5) is 13.2 Å². The maximum atomic E-state index is 13.1. The molecule has 0 aromatic carbocycles. The second kappa shape index (κ2) is 6.26. The van der Waals surface area contributed by atoms with Gasteiger partial charge in [-0.1, -0.05) is 0 Å². The summed E-state index contributed by atoms with van der Waals surface area (Å²) in [6.07, 6.45) is -3.39. The number of aromatic nitrogens is 3. The summed E-state index contributed by atoms with van der Waals surface area (Å²) in [5.41, 5.74) is -1.08. The number of hydrogen-bond donors (Lipinski definition) is 2. The van der Waals surface area contributed by atoms with Crippen molar-refractivity contribution in [1.29, 1.82) is 0 Å². The van der Waals surface area contributed by atoms with Crippen molar-refractivity contribution in [3.8, 4) is 0 Å². The molecule has 1 saturated heterocycles. The lowest BCUT2D eigenvalue weighted by Crippen LogP contribution is -2.44. The first-order valence-corrected chi connectivity index (χ1v) is 7.74. The molecule has 1 aliphatic rings. The van der Waals surface area contributed by atoms with Gasteiger partial charge in [0.2, 0.25) is 0 Å². The average molecular weight is 358 g/mol. The average Bonchev–Trinajstić information content (AvgIpc) is 3.18. The Kier molecular flexibility index (Phi) is 4.41. The van der Waals surface area contributed by atoms with Gasteiger partial charge < -0.3 is 15.1 Å². The Morgan fingerprint density at radius 1 is 1.48 bits per heavy atom. The normalized spacial score (nSPS) is 19.6. The van der Waals surface area contributed by atoms with Crippen molar-refractivity contribution in [2.75, 3.05) is 13.2 Å². The summed E-state index contributed by atoms with van der Waals surface area (Å²) in [4.78, 5) is 18.0. The highest BCUT2D eigenvalue weighted by atomic mass is 19.4. The maximum Gasteiger partial charge on any atom is 0.435 e. The van der Waals surface area contributed by atoms with E-state index in [0.717, 1.165) is 10.7 Å². The molecule has 0 radical (unpaired) electrons. The van der Waals surface area contributed by atoms with Gasteiger partial charge in [0.1, 0.15) is 0 Å². The minimum atomic E-state index is -4.66. The van der Waals surface area contributed by atoms with Gasteiger partial charge in [0, 0.05) is 19.8 Å². The number of carbonyl (C=O) groups excluding carboxylic acids is 1. The molecule has 0 bridgehead atoms. The lowest BCUT2D eigenvalue weighted by atomic mass is 10.1. The molecule has 1 aliphatic heterocycles. The summed E-state index contributed by atoms with van der Waals surface area (Å²) < 4.78 is 40.4. The van der Waals surface area contributed by atoms with Gasteiger partial charge in [0.05, 0.1) is 29.7 Å². The van der Waals surface area contributed by atoms with Crippen molar-refractivity contribution in [2.45, 2.75) is 31.2 Å². The first kappa shape index (κ1) is 17.6. The second-order valence-electron chi connectivity index (χ2n) is 6.02. The summed E-state index contributed by atoms with van der Waals surface area (Å²) in [6.45, 7) is -0.135. The van der Waals surface area contributed by atoms with E-state index in [-0.39, 0.29) is 16.6 Å². The SMILES string of the molecule is Cn1nc(C(F)(F)F)c2cc(C(=O)N3CCCC3C(O)CO)cnc21. The molecule has 2 aromatic heterocycles. The first-order valence-electron chi connectivity index (χ1n) is 7.74. The number of aliphatic hydroxyl groups is 2. The van der Waals surface area contributed by atoms with Crippen LogP contribution >= 0.6 is 0 Å². The van der Waals surface area contributed by atoms with Gasteiger partial charge >= 0.3 is 6.18 Å². The van der Waals surface area contributed by atoms with Crippen molar-refractivity contribution in [3.05, 3.63) is 23.5 Å². The van der Waals surface area contributed by atoms with Crippen LogP contribution in [-0.4, -0.2) is 61.1 Å². The Balaban J connectivity index is 2.00. The molecule has 0 aliphatic carbocycles. The second-order valence-corrected chi connectivity index (χ2v) is 6.02. The molecule has 3 heterocycles. The first-order chi connectivity index (χ1) is 11.7. The standard InChI is InChI=1S/C15H17F3N4O3/c1-21-13-9(12(20-21)15(16,17)18)5-8(6-19-13)14(25)22-4-2-3-10(22)11(24)7-23/h5-6,10-11,23-24H,2-4,7H2,1H3. The fraction of sp³-hybridized carbons (Fsp3) is 0.533. The van der Waals surface area contributed by atoms with Crippen LogP contribution in [-0.2, 0) is 13.2 Å². The Labute approximate surface area is 140 Å². The minimum Gasteiger partial charge on any atom is -0.394 e. The van der Waals surface area contributed by atoms with E-state index in [1.54, 1.807) is 0 Å². The zero-order valence-corrected chi connectivity index (χ0v) is 13.4. The van der Waals surface area contributed by atoms with Crippen molar-refractivity contribution >= 4 is 16.9 Å². The molecule has 2 N–H and O–H groups in total. The third-order valence-electron chi connectivity index (χ3n) is 4.39. The number of carbonyl (C=O) groups is 1. The molecule has 2 aromatic rings. The molecule has 2 unspecified atom stereocenters. The smallest absolute Gasteiger partial charge is 0.394 e. The predicted molar refractivity (Wildman–Crippen MR) is 80.7 cm³/mol. The number of alkyl halides is 3. The van der Waals surface area contributed by atoms with Crippen LogP contribution in [0.25, 0.3) is 11.0 Å². The van der Waals surface area contributed by atoms with E-state index >= 15 is 0 Å². The summed E-state index contributed by atoms with van der Waals surface area (Å²) in [5, 5.41) is 22.1. The number of pyridine rings is 1. The Morgan fingerprint density at radius 2 is 2.20 bits per heavy atom. The number of halogens is 3. The number of hydrogen-bond acceptors (Lipinski definition) is 5. The molecule has 0 saturated carbocycles. The summed E-state index contributed by atoms with van der Waals surface area (Å²) in [5.74, 6) is -0.527. The summed E-state index contributed by atoms with van der Waals surface area (Å²) >= 11 is 0. The summed E-state index contributed by atoms with van der Waals surface area (Å²) in [6, 6.07) is 0.561. The molecular formula is C15H17F3N4O3. The molecule has 0 spiro atoms. The Hall–Kier alpha value is -2.20. The molecule has 1 fully saturated rings. The Morgan fingerprint density at radius 3 is 2.84 bits per heavy atom. The number of likely N-dealkylation sites (tertiary alicyclic amines) is 1. The molecular weight excluding hydrogens is 341 g/mol. The lowest BCUT2D eigenvalue weighted by Gasteiger charge is -2.27. The minimum absolute atomic E-state index is 0.0111. The van der Waals surface area contributed by atoms with Crippen LogP contribution in [0.1, 0.15) is 28.9 Å². The van der Waals surface area contributed by atoms with Crippen molar-refractivity contribution in [1.82, 2.24) is 19.7 Å². The van der Waals surface area contributed by atoms with Crippen LogP contribution in [0.2, 0.25) is 0 Å². The van der Waals surface area contributed by atoms with E-state index < -0.39 is 36.5 Å². The highest BCUT2D eigenvalue weighted by molar-refractivity contribution is 5.97. The van der Waals surface area contributed by atoms with Crippen LogP contribution in [0, 0.1) is 0 Å². The number of aliphatic hydroxyl groups excluding tert-OH is 2. The zero-order chi connectivity index (χ0) is 18.4. The fourth-order valence-corrected chi connectivity index (χ4v) is 3.20. The molecule has 25 heavy (non-hydrogen) atoms. The number of aryl methyl sites for hydroxylation is 1. The molecule has 10 heteroatoms. The molecule has 1 amide bonds. The Bertz CT molecular complexity index is 805. The monoisotopic (exact) mass is 358 g/mol. The van der Waals surface area contributed by atoms with E-state index in [1.165, 1.54) is 18.1 Å². The highest BCUT2D eigenvalue weighted by Crippen LogP contribution is 2.34. The van der Waals surface area contributed by atoms with Crippen LogP contribution in [0.5, 0.6) is 0 Å². The third kappa shape index (κ3) is 3.07.